The maximum absolute atomic E-state index is 13.0. The van der Waals surface area contributed by atoms with E-state index in [1.165, 1.54) is 23.1 Å². The van der Waals surface area contributed by atoms with E-state index in [9.17, 15) is 9.59 Å². The second-order valence-corrected chi connectivity index (χ2v) is 9.06. The molecule has 3 rings (SSSR count). The van der Waals surface area contributed by atoms with Crippen LogP contribution < -0.4 is 10.6 Å². The van der Waals surface area contributed by atoms with Gasteiger partial charge in [-0.3, -0.25) is 14.9 Å². The SMILES string of the molecule is CCCCC(=O)Nc1ccc(SC(C(=O)Nc2nnc(C)s2)c2ccccc2)cc1. The van der Waals surface area contributed by atoms with Gasteiger partial charge in [-0.05, 0) is 43.2 Å². The first-order chi connectivity index (χ1) is 14.5. The maximum Gasteiger partial charge on any atom is 0.244 e. The number of carbonyl (C=O) groups excluding carboxylic acids is 2. The van der Waals surface area contributed by atoms with Gasteiger partial charge >= 0.3 is 0 Å². The van der Waals surface area contributed by atoms with Crippen molar-refractivity contribution < 1.29 is 9.59 Å². The van der Waals surface area contributed by atoms with Gasteiger partial charge in [0.1, 0.15) is 10.3 Å². The highest BCUT2D eigenvalue weighted by molar-refractivity contribution is 8.00. The van der Waals surface area contributed by atoms with Crippen molar-refractivity contribution in [3.8, 4) is 0 Å². The highest BCUT2D eigenvalue weighted by atomic mass is 32.2. The second-order valence-electron chi connectivity index (χ2n) is 6.70. The number of aromatic nitrogens is 2. The Morgan fingerprint density at radius 3 is 2.40 bits per heavy atom. The van der Waals surface area contributed by atoms with E-state index in [1.54, 1.807) is 0 Å². The number of thioether (sulfide) groups is 1. The van der Waals surface area contributed by atoms with E-state index in [4.69, 9.17) is 0 Å². The largest absolute Gasteiger partial charge is 0.326 e. The fraction of sp³-hybridized carbons (Fsp3) is 0.273. The molecule has 1 atom stereocenters. The van der Waals surface area contributed by atoms with Gasteiger partial charge in [-0.2, -0.15) is 0 Å². The third kappa shape index (κ3) is 6.40. The quantitative estimate of drug-likeness (QED) is 0.432. The standard InChI is InChI=1S/C22H24N4O2S2/c1-3-4-10-19(27)23-17-11-13-18(14-12-17)30-20(16-8-6-5-7-9-16)21(28)24-22-26-25-15(2)29-22/h5-9,11-14,20H,3-4,10H2,1-2H3,(H,23,27)(H,24,26,28). The molecular formula is C22H24N4O2S2. The highest BCUT2D eigenvalue weighted by Crippen LogP contribution is 2.37. The van der Waals surface area contributed by atoms with Crippen molar-refractivity contribution in [1.82, 2.24) is 10.2 Å². The fourth-order valence-corrected chi connectivity index (χ4v) is 4.35. The summed E-state index contributed by atoms with van der Waals surface area (Å²) in [5.41, 5.74) is 1.66. The Bertz CT molecular complexity index is 974. The van der Waals surface area contributed by atoms with Crippen LogP contribution in [0.2, 0.25) is 0 Å². The van der Waals surface area contributed by atoms with Crippen LogP contribution in [0.1, 0.15) is 42.0 Å². The second kappa shape index (κ2) is 10.9. The lowest BCUT2D eigenvalue weighted by molar-refractivity contribution is -0.116. The molecule has 3 aromatic rings. The molecule has 2 aromatic carbocycles. The summed E-state index contributed by atoms with van der Waals surface area (Å²) in [6, 6.07) is 17.2. The number of benzene rings is 2. The van der Waals surface area contributed by atoms with Crippen molar-refractivity contribution in [2.75, 3.05) is 10.6 Å². The zero-order valence-corrected chi connectivity index (χ0v) is 18.6. The first-order valence-corrected chi connectivity index (χ1v) is 11.5. The number of carbonyl (C=O) groups is 2. The molecule has 0 aliphatic rings. The number of nitrogens with zero attached hydrogens (tertiary/aromatic N) is 2. The maximum atomic E-state index is 13.0. The first-order valence-electron chi connectivity index (χ1n) is 9.77. The Morgan fingerprint density at radius 2 is 1.77 bits per heavy atom. The van der Waals surface area contributed by atoms with Gasteiger partial charge in [0.2, 0.25) is 16.9 Å². The Kier molecular flexibility index (Phi) is 7.98. The molecule has 0 bridgehead atoms. The third-order valence-corrected chi connectivity index (χ3v) is 6.27. The molecule has 0 saturated heterocycles. The minimum absolute atomic E-state index is 0.0196. The summed E-state index contributed by atoms with van der Waals surface area (Å²) in [5, 5.41) is 14.6. The van der Waals surface area contributed by atoms with Crippen molar-refractivity contribution >= 4 is 45.7 Å². The molecular weight excluding hydrogens is 416 g/mol. The molecule has 0 saturated carbocycles. The molecule has 0 aliphatic heterocycles. The number of nitrogens with one attached hydrogen (secondary N) is 2. The lowest BCUT2D eigenvalue weighted by Crippen LogP contribution is -2.19. The van der Waals surface area contributed by atoms with E-state index in [0.29, 0.717) is 11.6 Å². The van der Waals surface area contributed by atoms with Crippen LogP contribution in [0.3, 0.4) is 0 Å². The van der Waals surface area contributed by atoms with Crippen molar-refractivity contribution in [3.05, 3.63) is 65.2 Å². The van der Waals surface area contributed by atoms with E-state index in [1.807, 2.05) is 61.5 Å². The predicted octanol–water partition coefficient (Wildman–Crippen LogP) is 5.45. The van der Waals surface area contributed by atoms with E-state index >= 15 is 0 Å². The third-order valence-electron chi connectivity index (χ3n) is 4.25. The van der Waals surface area contributed by atoms with Crippen molar-refractivity contribution in [3.63, 3.8) is 0 Å². The molecule has 30 heavy (non-hydrogen) atoms. The van der Waals surface area contributed by atoms with Gasteiger partial charge in [0.25, 0.3) is 0 Å². The topological polar surface area (TPSA) is 84.0 Å². The molecule has 0 spiro atoms. The van der Waals surface area contributed by atoms with E-state index in [2.05, 4.69) is 27.8 Å². The smallest absolute Gasteiger partial charge is 0.244 e. The minimum atomic E-state index is -0.444. The zero-order valence-electron chi connectivity index (χ0n) is 16.9. The molecule has 0 fully saturated rings. The minimum Gasteiger partial charge on any atom is -0.326 e. The molecule has 156 valence electrons. The Balaban J connectivity index is 1.71. The number of amides is 2. The van der Waals surface area contributed by atoms with E-state index in [0.717, 1.165) is 34.0 Å². The molecule has 8 heteroatoms. The molecule has 2 amide bonds. The van der Waals surface area contributed by atoms with Gasteiger partial charge in [0.05, 0.1) is 0 Å². The summed E-state index contributed by atoms with van der Waals surface area (Å²) < 4.78 is 0. The van der Waals surface area contributed by atoms with Crippen LogP contribution in [0.4, 0.5) is 10.8 Å². The van der Waals surface area contributed by atoms with Crippen LogP contribution >= 0.6 is 23.1 Å². The Morgan fingerprint density at radius 1 is 1.03 bits per heavy atom. The monoisotopic (exact) mass is 440 g/mol. The molecule has 6 nitrogen and oxygen atoms in total. The zero-order chi connectivity index (χ0) is 21.3. The van der Waals surface area contributed by atoms with Crippen LogP contribution in [0.5, 0.6) is 0 Å². The molecule has 1 aromatic heterocycles. The number of hydrogen-bond donors (Lipinski definition) is 2. The molecule has 1 unspecified atom stereocenters. The van der Waals surface area contributed by atoms with Gasteiger partial charge in [0, 0.05) is 17.0 Å². The summed E-state index contributed by atoms with van der Waals surface area (Å²) in [5.74, 6) is -0.134. The average molecular weight is 441 g/mol. The Labute approximate surface area is 184 Å². The van der Waals surface area contributed by atoms with Gasteiger partial charge in [-0.15, -0.1) is 22.0 Å². The van der Waals surface area contributed by atoms with Crippen LogP contribution in [0.25, 0.3) is 0 Å². The van der Waals surface area contributed by atoms with Gasteiger partial charge in [-0.1, -0.05) is 55.0 Å². The van der Waals surface area contributed by atoms with Crippen molar-refractivity contribution in [2.24, 2.45) is 0 Å². The summed E-state index contributed by atoms with van der Waals surface area (Å²) in [7, 11) is 0. The predicted molar refractivity (Wildman–Crippen MR) is 123 cm³/mol. The number of anilines is 2. The van der Waals surface area contributed by atoms with Gasteiger partial charge < -0.3 is 5.32 Å². The van der Waals surface area contributed by atoms with E-state index in [-0.39, 0.29) is 11.8 Å². The lowest BCUT2D eigenvalue weighted by Gasteiger charge is -2.16. The van der Waals surface area contributed by atoms with Crippen LogP contribution in [0, 0.1) is 6.92 Å². The van der Waals surface area contributed by atoms with Crippen molar-refractivity contribution in [1.29, 1.82) is 0 Å². The number of rotatable bonds is 9. The van der Waals surface area contributed by atoms with Gasteiger partial charge in [0.15, 0.2) is 0 Å². The number of hydrogen-bond acceptors (Lipinski definition) is 6. The average Bonchev–Trinajstić information content (AvgIpc) is 3.16. The summed E-state index contributed by atoms with van der Waals surface area (Å²) >= 11 is 2.79. The lowest BCUT2D eigenvalue weighted by atomic mass is 10.1. The van der Waals surface area contributed by atoms with Crippen molar-refractivity contribution in [2.45, 2.75) is 43.3 Å². The number of unbranched alkanes of at least 4 members (excludes halogenated alkanes) is 1. The molecule has 0 radical (unpaired) electrons. The molecule has 2 N–H and O–H groups in total. The van der Waals surface area contributed by atoms with Gasteiger partial charge in [-0.25, -0.2) is 0 Å². The van der Waals surface area contributed by atoms with E-state index < -0.39 is 5.25 Å². The molecule has 0 aliphatic carbocycles. The normalized spacial score (nSPS) is 11.7. The summed E-state index contributed by atoms with van der Waals surface area (Å²) in [4.78, 5) is 25.8. The summed E-state index contributed by atoms with van der Waals surface area (Å²) in [6.07, 6.45) is 2.39. The van der Waals surface area contributed by atoms with Crippen LogP contribution in [0.15, 0.2) is 59.5 Å². The Hall–Kier alpha value is -2.71. The van der Waals surface area contributed by atoms with Crippen LogP contribution in [-0.4, -0.2) is 22.0 Å². The first kappa shape index (κ1) is 22.0. The van der Waals surface area contributed by atoms with Crippen LogP contribution in [-0.2, 0) is 9.59 Å². The molecule has 1 heterocycles. The highest BCUT2D eigenvalue weighted by Gasteiger charge is 2.23. The number of aryl methyl sites for hydroxylation is 1. The fourth-order valence-electron chi connectivity index (χ4n) is 2.73. The summed E-state index contributed by atoms with van der Waals surface area (Å²) in [6.45, 7) is 3.91.